The van der Waals surface area contributed by atoms with Crippen LogP contribution in [-0.4, -0.2) is 45.1 Å². The first-order valence-electron chi connectivity index (χ1n) is 4.75. The summed E-state index contributed by atoms with van der Waals surface area (Å²) in [5.74, 6) is 0.255. The van der Waals surface area contributed by atoms with Crippen LogP contribution in [0.3, 0.4) is 0 Å². The van der Waals surface area contributed by atoms with Gasteiger partial charge < -0.3 is 9.15 Å². The minimum atomic E-state index is -3.36. The number of nitrogens with zero attached hydrogens (tertiary/aromatic N) is 2. The smallest absolute Gasteiger partial charge is 0.430 e. The van der Waals surface area contributed by atoms with Gasteiger partial charge in [-0.15, -0.1) is 0 Å². The van der Waals surface area contributed by atoms with Crippen molar-refractivity contribution in [3.8, 4) is 0 Å². The highest BCUT2D eigenvalue weighted by Gasteiger charge is 2.20. The van der Waals surface area contributed by atoms with E-state index in [1.807, 2.05) is 0 Å². The summed E-state index contributed by atoms with van der Waals surface area (Å²) in [6, 6.07) is 2.79. The maximum atomic E-state index is 11.1. The standard InChI is InChI=1S/C9H10N2O5S/c1-17(13,14)8-3-2-7(16-8)6-10-11-4-5-15-9(11)12/h2-3,6H,4-5H2,1H3/b10-6+. The number of sulfone groups is 1. The van der Waals surface area contributed by atoms with Crippen molar-refractivity contribution in [2.24, 2.45) is 5.10 Å². The number of hydrogen-bond donors (Lipinski definition) is 0. The molecule has 1 aromatic heterocycles. The lowest BCUT2D eigenvalue weighted by atomic mass is 10.5. The third-order valence-corrected chi connectivity index (χ3v) is 2.98. The summed E-state index contributed by atoms with van der Waals surface area (Å²) in [5.41, 5.74) is 0. The van der Waals surface area contributed by atoms with Crippen LogP contribution in [-0.2, 0) is 14.6 Å². The molecule has 1 aromatic rings. The van der Waals surface area contributed by atoms with E-state index < -0.39 is 15.9 Å². The summed E-state index contributed by atoms with van der Waals surface area (Å²) in [5, 5.41) is 4.81. The fraction of sp³-hybridized carbons (Fsp3) is 0.333. The van der Waals surface area contributed by atoms with Gasteiger partial charge in [-0.3, -0.25) is 0 Å². The fourth-order valence-corrected chi connectivity index (χ4v) is 1.78. The summed E-state index contributed by atoms with van der Waals surface area (Å²) in [4.78, 5) is 11.0. The van der Waals surface area contributed by atoms with E-state index >= 15 is 0 Å². The van der Waals surface area contributed by atoms with Gasteiger partial charge >= 0.3 is 6.09 Å². The highest BCUT2D eigenvalue weighted by Crippen LogP contribution is 2.12. The molecule has 1 fully saturated rings. The number of ether oxygens (including phenoxy) is 1. The molecule has 1 saturated heterocycles. The van der Waals surface area contributed by atoms with E-state index in [-0.39, 0.29) is 10.9 Å². The second-order valence-corrected chi connectivity index (χ2v) is 5.36. The van der Waals surface area contributed by atoms with Gasteiger partial charge in [0.15, 0.2) is 0 Å². The van der Waals surface area contributed by atoms with Crippen molar-refractivity contribution >= 4 is 22.1 Å². The Morgan fingerprint density at radius 2 is 2.24 bits per heavy atom. The van der Waals surface area contributed by atoms with Crippen LogP contribution in [0.1, 0.15) is 5.76 Å². The molecule has 0 bridgehead atoms. The van der Waals surface area contributed by atoms with Gasteiger partial charge in [0.05, 0.1) is 12.8 Å². The molecule has 8 heteroatoms. The molecule has 0 spiro atoms. The third-order valence-electron chi connectivity index (χ3n) is 2.03. The predicted octanol–water partition coefficient (Wildman–Crippen LogP) is 0.469. The van der Waals surface area contributed by atoms with Crippen molar-refractivity contribution in [2.45, 2.75) is 5.09 Å². The molecule has 0 aromatic carbocycles. The van der Waals surface area contributed by atoms with E-state index in [2.05, 4.69) is 9.84 Å². The Bertz CT molecular complexity index is 560. The molecule has 1 amide bonds. The van der Waals surface area contributed by atoms with Crippen LogP contribution in [0.15, 0.2) is 26.7 Å². The predicted molar refractivity (Wildman–Crippen MR) is 57.5 cm³/mol. The highest BCUT2D eigenvalue weighted by atomic mass is 32.2. The minimum absolute atomic E-state index is 0.136. The molecular weight excluding hydrogens is 248 g/mol. The van der Waals surface area contributed by atoms with Gasteiger partial charge in [-0.05, 0) is 12.1 Å². The molecule has 0 unspecified atom stereocenters. The second-order valence-electron chi connectivity index (χ2n) is 3.41. The van der Waals surface area contributed by atoms with Crippen LogP contribution in [0, 0.1) is 0 Å². The molecule has 0 saturated carbocycles. The number of cyclic esters (lactones) is 1. The molecule has 0 N–H and O–H groups in total. The van der Waals surface area contributed by atoms with Gasteiger partial charge in [-0.1, -0.05) is 0 Å². The Labute approximate surface area is 97.6 Å². The fourth-order valence-electron chi connectivity index (χ4n) is 1.22. The number of hydrogen-bond acceptors (Lipinski definition) is 6. The number of carbonyl (C=O) groups is 1. The quantitative estimate of drug-likeness (QED) is 0.735. The Morgan fingerprint density at radius 1 is 1.47 bits per heavy atom. The minimum Gasteiger partial charge on any atom is -0.446 e. The number of furan rings is 1. The zero-order valence-electron chi connectivity index (χ0n) is 8.99. The summed E-state index contributed by atoms with van der Waals surface area (Å²) in [6.45, 7) is 0.665. The van der Waals surface area contributed by atoms with Gasteiger partial charge in [0.25, 0.3) is 0 Å². The molecular formula is C9H10N2O5S. The third kappa shape index (κ3) is 2.64. The number of hydrazone groups is 1. The molecule has 7 nitrogen and oxygen atoms in total. The van der Waals surface area contributed by atoms with Crippen molar-refractivity contribution in [3.05, 3.63) is 17.9 Å². The van der Waals surface area contributed by atoms with E-state index in [1.165, 1.54) is 18.3 Å². The molecule has 1 aliphatic heterocycles. The van der Waals surface area contributed by atoms with Crippen molar-refractivity contribution in [3.63, 3.8) is 0 Å². The lowest BCUT2D eigenvalue weighted by molar-refractivity contribution is 0.159. The summed E-state index contributed by atoms with van der Waals surface area (Å²) in [7, 11) is -3.36. The Hall–Kier alpha value is -1.83. The summed E-state index contributed by atoms with van der Waals surface area (Å²) < 4.78 is 32.0. The van der Waals surface area contributed by atoms with E-state index in [0.29, 0.717) is 13.2 Å². The Morgan fingerprint density at radius 3 is 2.76 bits per heavy atom. The van der Waals surface area contributed by atoms with Crippen LogP contribution >= 0.6 is 0 Å². The average molecular weight is 258 g/mol. The second kappa shape index (κ2) is 4.21. The lowest BCUT2D eigenvalue weighted by Gasteiger charge is -2.02. The zero-order valence-corrected chi connectivity index (χ0v) is 9.81. The maximum Gasteiger partial charge on any atom is 0.430 e. The topological polar surface area (TPSA) is 89.2 Å². The van der Waals surface area contributed by atoms with Gasteiger partial charge in [0.1, 0.15) is 12.4 Å². The van der Waals surface area contributed by atoms with Crippen LogP contribution in [0.25, 0.3) is 0 Å². The van der Waals surface area contributed by atoms with E-state index in [0.717, 1.165) is 11.3 Å². The molecule has 0 atom stereocenters. The largest absolute Gasteiger partial charge is 0.446 e. The van der Waals surface area contributed by atoms with Gasteiger partial charge in [0, 0.05) is 6.26 Å². The molecule has 92 valence electrons. The summed E-state index contributed by atoms with van der Waals surface area (Å²) >= 11 is 0. The Balaban J connectivity index is 2.12. The number of carbonyl (C=O) groups excluding carboxylic acids is 1. The average Bonchev–Trinajstić information content (AvgIpc) is 2.82. The van der Waals surface area contributed by atoms with E-state index in [1.54, 1.807) is 0 Å². The molecule has 0 radical (unpaired) electrons. The Kier molecular flexibility index (Phi) is 2.88. The van der Waals surface area contributed by atoms with E-state index in [9.17, 15) is 13.2 Å². The first-order chi connectivity index (χ1) is 7.97. The van der Waals surface area contributed by atoms with Gasteiger partial charge in [-0.2, -0.15) is 10.1 Å². The van der Waals surface area contributed by atoms with Crippen LogP contribution in [0.2, 0.25) is 0 Å². The van der Waals surface area contributed by atoms with Gasteiger partial charge in [-0.25, -0.2) is 13.2 Å². The zero-order chi connectivity index (χ0) is 12.5. The lowest BCUT2D eigenvalue weighted by Crippen LogP contribution is -2.17. The number of rotatable bonds is 3. The van der Waals surface area contributed by atoms with E-state index in [4.69, 9.17) is 4.42 Å². The van der Waals surface area contributed by atoms with Crippen LogP contribution < -0.4 is 0 Å². The number of amides is 1. The molecule has 2 heterocycles. The SMILES string of the molecule is CS(=O)(=O)c1ccc(/C=N/N2CCOC2=O)o1. The van der Waals surface area contributed by atoms with Crippen molar-refractivity contribution in [1.29, 1.82) is 0 Å². The monoisotopic (exact) mass is 258 g/mol. The first kappa shape index (κ1) is 11.6. The maximum absolute atomic E-state index is 11.1. The molecule has 0 aliphatic carbocycles. The molecule has 1 aliphatic rings. The first-order valence-corrected chi connectivity index (χ1v) is 6.64. The van der Waals surface area contributed by atoms with Crippen molar-refractivity contribution in [1.82, 2.24) is 5.01 Å². The summed E-state index contributed by atoms with van der Waals surface area (Å²) in [6.07, 6.45) is 1.78. The normalized spacial score (nSPS) is 16.8. The van der Waals surface area contributed by atoms with Crippen LogP contribution in [0.4, 0.5) is 4.79 Å². The van der Waals surface area contributed by atoms with Crippen molar-refractivity contribution in [2.75, 3.05) is 19.4 Å². The highest BCUT2D eigenvalue weighted by molar-refractivity contribution is 7.90. The van der Waals surface area contributed by atoms with Crippen LogP contribution in [0.5, 0.6) is 0 Å². The van der Waals surface area contributed by atoms with Crippen molar-refractivity contribution < 1.29 is 22.4 Å². The van der Waals surface area contributed by atoms with Gasteiger partial charge in [0.2, 0.25) is 14.9 Å². The molecule has 17 heavy (non-hydrogen) atoms. The molecule has 2 rings (SSSR count).